The topological polar surface area (TPSA) is 15.3 Å². The van der Waals surface area contributed by atoms with Gasteiger partial charge < -0.3 is 10.2 Å². The zero-order chi connectivity index (χ0) is 13.2. The van der Waals surface area contributed by atoms with E-state index in [0.717, 1.165) is 6.54 Å². The first-order valence-corrected chi connectivity index (χ1v) is 7.50. The summed E-state index contributed by atoms with van der Waals surface area (Å²) in [4.78, 5) is 2.39. The van der Waals surface area contributed by atoms with Gasteiger partial charge in [-0.3, -0.25) is 0 Å². The lowest BCUT2D eigenvalue weighted by molar-refractivity contribution is 0.0576. The Bertz CT molecular complexity index is 399. The van der Waals surface area contributed by atoms with Crippen LogP contribution in [0, 0.1) is 0 Å². The second kappa shape index (κ2) is 5.72. The van der Waals surface area contributed by atoms with Crippen LogP contribution in [0.5, 0.6) is 0 Å². The number of halogens is 1. The first kappa shape index (κ1) is 14.0. The van der Waals surface area contributed by atoms with Gasteiger partial charge in [0.1, 0.15) is 0 Å². The average molecular weight is 311 g/mol. The fourth-order valence-corrected chi connectivity index (χ4v) is 3.27. The number of hydrogen-bond acceptors (Lipinski definition) is 2. The quantitative estimate of drug-likeness (QED) is 0.894. The minimum absolute atomic E-state index is 0.384. The van der Waals surface area contributed by atoms with E-state index in [1.807, 2.05) is 0 Å². The monoisotopic (exact) mass is 310 g/mol. The van der Waals surface area contributed by atoms with Gasteiger partial charge >= 0.3 is 0 Å². The lowest BCUT2D eigenvalue weighted by Gasteiger charge is -2.48. The molecule has 1 N–H and O–H groups in total. The van der Waals surface area contributed by atoms with Crippen LogP contribution < -0.4 is 5.32 Å². The van der Waals surface area contributed by atoms with E-state index in [4.69, 9.17) is 0 Å². The molecule has 0 heterocycles. The van der Waals surface area contributed by atoms with Crippen LogP contribution >= 0.6 is 15.9 Å². The molecule has 1 aromatic rings. The molecule has 0 aromatic heterocycles. The Morgan fingerprint density at radius 3 is 2.50 bits per heavy atom. The molecule has 0 aliphatic heterocycles. The van der Waals surface area contributed by atoms with Gasteiger partial charge in [-0.15, -0.1) is 0 Å². The van der Waals surface area contributed by atoms with Crippen molar-refractivity contribution < 1.29 is 0 Å². The van der Waals surface area contributed by atoms with Crippen molar-refractivity contribution in [2.45, 2.75) is 37.8 Å². The maximum atomic E-state index is 3.69. The molecule has 1 aromatic carbocycles. The molecule has 100 valence electrons. The van der Waals surface area contributed by atoms with E-state index in [0.29, 0.717) is 11.6 Å². The molecule has 2 rings (SSSR count). The van der Waals surface area contributed by atoms with Gasteiger partial charge in [-0.05, 0) is 51.9 Å². The van der Waals surface area contributed by atoms with Crippen LogP contribution in [0.4, 0.5) is 0 Å². The SMILES string of the molecule is CC(NCC1(N(C)C)CCC1)c1ccccc1Br. The molecule has 1 aliphatic carbocycles. The second-order valence-electron chi connectivity index (χ2n) is 5.60. The molecule has 0 radical (unpaired) electrons. The molecular weight excluding hydrogens is 288 g/mol. The lowest BCUT2D eigenvalue weighted by Crippen LogP contribution is -2.56. The predicted octanol–water partition coefficient (Wildman–Crippen LogP) is 3.58. The summed E-state index contributed by atoms with van der Waals surface area (Å²) in [5.41, 5.74) is 1.72. The fourth-order valence-electron chi connectivity index (χ4n) is 2.65. The van der Waals surface area contributed by atoms with Gasteiger partial charge in [0.05, 0.1) is 0 Å². The van der Waals surface area contributed by atoms with Crippen LogP contribution in [0.1, 0.15) is 37.8 Å². The molecule has 0 spiro atoms. The lowest BCUT2D eigenvalue weighted by atomic mass is 9.75. The number of nitrogens with zero attached hydrogens (tertiary/aromatic N) is 1. The number of rotatable bonds is 5. The van der Waals surface area contributed by atoms with Crippen LogP contribution in [0.15, 0.2) is 28.7 Å². The molecule has 1 unspecified atom stereocenters. The highest BCUT2D eigenvalue weighted by Gasteiger charge is 2.38. The summed E-state index contributed by atoms with van der Waals surface area (Å²) < 4.78 is 1.19. The summed E-state index contributed by atoms with van der Waals surface area (Å²) >= 11 is 3.63. The van der Waals surface area contributed by atoms with Crippen LogP contribution in [0.3, 0.4) is 0 Å². The van der Waals surface area contributed by atoms with Crippen LogP contribution in [-0.2, 0) is 0 Å². The van der Waals surface area contributed by atoms with E-state index in [9.17, 15) is 0 Å². The van der Waals surface area contributed by atoms with Crippen LogP contribution in [0.2, 0.25) is 0 Å². The third-order valence-electron chi connectivity index (χ3n) is 4.34. The summed E-state index contributed by atoms with van der Waals surface area (Å²) in [6.45, 7) is 3.31. The van der Waals surface area contributed by atoms with Gasteiger partial charge in [0.15, 0.2) is 0 Å². The number of likely N-dealkylation sites (N-methyl/N-ethyl adjacent to an activating group) is 1. The summed E-state index contributed by atoms with van der Waals surface area (Å²) in [6, 6.07) is 8.85. The van der Waals surface area contributed by atoms with Gasteiger partial charge in [-0.25, -0.2) is 0 Å². The second-order valence-corrected chi connectivity index (χ2v) is 6.45. The Hall–Kier alpha value is -0.380. The van der Waals surface area contributed by atoms with Gasteiger partial charge in [0.2, 0.25) is 0 Å². The van der Waals surface area contributed by atoms with Crippen LogP contribution in [-0.4, -0.2) is 31.1 Å². The van der Waals surface area contributed by atoms with Gasteiger partial charge in [0, 0.05) is 22.6 Å². The van der Waals surface area contributed by atoms with Gasteiger partial charge in [-0.1, -0.05) is 34.1 Å². The molecule has 1 aliphatic rings. The van der Waals surface area contributed by atoms with E-state index in [1.165, 1.54) is 29.3 Å². The Morgan fingerprint density at radius 2 is 2.00 bits per heavy atom. The van der Waals surface area contributed by atoms with E-state index < -0.39 is 0 Å². The molecule has 0 bridgehead atoms. The van der Waals surface area contributed by atoms with Crippen LogP contribution in [0.25, 0.3) is 0 Å². The normalized spacial score (nSPS) is 19.6. The molecule has 1 saturated carbocycles. The Morgan fingerprint density at radius 1 is 1.33 bits per heavy atom. The molecule has 0 saturated heterocycles. The van der Waals surface area contributed by atoms with Crippen molar-refractivity contribution in [3.05, 3.63) is 34.3 Å². The fraction of sp³-hybridized carbons (Fsp3) is 0.600. The molecule has 2 nitrogen and oxygen atoms in total. The third-order valence-corrected chi connectivity index (χ3v) is 5.06. The van der Waals surface area contributed by atoms with E-state index >= 15 is 0 Å². The van der Waals surface area contributed by atoms with Crippen molar-refractivity contribution in [3.63, 3.8) is 0 Å². The molecular formula is C15H23BrN2. The number of benzene rings is 1. The van der Waals surface area contributed by atoms with Crippen molar-refractivity contribution >= 4 is 15.9 Å². The largest absolute Gasteiger partial charge is 0.308 e. The minimum Gasteiger partial charge on any atom is -0.308 e. The highest BCUT2D eigenvalue weighted by Crippen LogP contribution is 2.36. The molecule has 1 fully saturated rings. The first-order valence-electron chi connectivity index (χ1n) is 6.70. The molecule has 0 amide bonds. The van der Waals surface area contributed by atoms with Crippen molar-refractivity contribution in [2.24, 2.45) is 0 Å². The van der Waals surface area contributed by atoms with E-state index in [-0.39, 0.29) is 0 Å². The van der Waals surface area contributed by atoms with E-state index in [1.54, 1.807) is 0 Å². The van der Waals surface area contributed by atoms with Gasteiger partial charge in [0.25, 0.3) is 0 Å². The smallest absolute Gasteiger partial charge is 0.0328 e. The molecule has 18 heavy (non-hydrogen) atoms. The Kier molecular flexibility index (Phi) is 4.46. The highest BCUT2D eigenvalue weighted by atomic mass is 79.9. The zero-order valence-electron chi connectivity index (χ0n) is 11.5. The minimum atomic E-state index is 0.384. The zero-order valence-corrected chi connectivity index (χ0v) is 13.1. The first-order chi connectivity index (χ1) is 8.55. The number of hydrogen-bond donors (Lipinski definition) is 1. The molecule has 3 heteroatoms. The Balaban J connectivity index is 1.96. The van der Waals surface area contributed by atoms with Crippen molar-refractivity contribution in [1.82, 2.24) is 10.2 Å². The summed E-state index contributed by atoms with van der Waals surface area (Å²) in [6.07, 6.45) is 3.99. The van der Waals surface area contributed by atoms with E-state index in [2.05, 4.69) is 71.4 Å². The number of nitrogens with one attached hydrogen (secondary N) is 1. The maximum Gasteiger partial charge on any atom is 0.0328 e. The summed E-state index contributed by atoms with van der Waals surface area (Å²) in [7, 11) is 4.40. The Labute approximate surface area is 119 Å². The average Bonchev–Trinajstić information content (AvgIpc) is 2.27. The highest BCUT2D eigenvalue weighted by molar-refractivity contribution is 9.10. The van der Waals surface area contributed by atoms with Gasteiger partial charge in [-0.2, -0.15) is 0 Å². The summed E-state index contributed by atoms with van der Waals surface area (Å²) in [5.74, 6) is 0. The summed E-state index contributed by atoms with van der Waals surface area (Å²) in [5, 5.41) is 3.69. The van der Waals surface area contributed by atoms with Crippen molar-refractivity contribution in [2.75, 3.05) is 20.6 Å². The standard InChI is InChI=1S/C15H23BrN2/c1-12(13-7-4-5-8-14(13)16)17-11-15(18(2)3)9-6-10-15/h4-5,7-8,12,17H,6,9-11H2,1-3H3. The third kappa shape index (κ3) is 2.79. The molecule has 1 atom stereocenters. The predicted molar refractivity (Wildman–Crippen MR) is 80.8 cm³/mol. The maximum absolute atomic E-state index is 3.69. The van der Waals surface area contributed by atoms with Crippen molar-refractivity contribution in [3.8, 4) is 0 Å². The van der Waals surface area contributed by atoms with Crippen molar-refractivity contribution in [1.29, 1.82) is 0 Å².